The van der Waals surface area contributed by atoms with E-state index in [2.05, 4.69) is 21.1 Å². The van der Waals surface area contributed by atoms with E-state index in [1.807, 2.05) is 0 Å². The first kappa shape index (κ1) is 13.0. The van der Waals surface area contributed by atoms with Crippen LogP contribution in [0, 0.1) is 16.7 Å². The van der Waals surface area contributed by atoms with Crippen molar-refractivity contribution in [3.63, 3.8) is 0 Å². The number of hydrogen-bond acceptors (Lipinski definition) is 5. The Morgan fingerprint density at radius 2 is 2.17 bits per heavy atom. The molecule has 2 aromatic heterocycles. The molecular weight excluding hydrogens is 292 g/mol. The zero-order valence-electron chi connectivity index (χ0n) is 12.6. The average Bonchev–Trinajstić information content (AvgIpc) is 3.27. The molecule has 3 heterocycles. The van der Waals surface area contributed by atoms with Gasteiger partial charge in [0.15, 0.2) is 0 Å². The highest BCUT2D eigenvalue weighted by molar-refractivity contribution is 5.23. The Morgan fingerprint density at radius 3 is 2.87 bits per heavy atom. The highest BCUT2D eigenvalue weighted by Gasteiger charge is 2.64. The van der Waals surface area contributed by atoms with Crippen LogP contribution in [0.4, 0.5) is 0 Å². The van der Waals surface area contributed by atoms with E-state index in [0.717, 1.165) is 50.0 Å². The first-order valence-electron chi connectivity index (χ1n) is 8.05. The molecule has 7 heteroatoms. The Labute approximate surface area is 132 Å². The SMILES string of the molecule is N#CC12CCC(n3nc4n(c3=O)C(c3cnccn3)CC4)(C1)C2. The minimum atomic E-state index is -0.225. The maximum absolute atomic E-state index is 13.0. The zero-order valence-corrected chi connectivity index (χ0v) is 12.6. The third-order valence-corrected chi connectivity index (χ3v) is 5.85. The lowest BCUT2D eigenvalue weighted by molar-refractivity contribution is 0.0828. The molecule has 0 saturated heterocycles. The maximum atomic E-state index is 13.0. The predicted octanol–water partition coefficient (Wildman–Crippen LogP) is 1.16. The van der Waals surface area contributed by atoms with Gasteiger partial charge < -0.3 is 0 Å². The van der Waals surface area contributed by atoms with Crippen molar-refractivity contribution in [3.8, 4) is 6.07 Å². The number of rotatable bonds is 2. The second-order valence-electron chi connectivity index (χ2n) is 7.14. The number of nitrogens with zero attached hydrogens (tertiary/aromatic N) is 6. The van der Waals surface area contributed by atoms with Crippen molar-refractivity contribution < 1.29 is 0 Å². The molecule has 3 aliphatic carbocycles. The first-order chi connectivity index (χ1) is 11.2. The largest absolute Gasteiger partial charge is 0.347 e. The van der Waals surface area contributed by atoms with Crippen molar-refractivity contribution in [2.75, 3.05) is 0 Å². The van der Waals surface area contributed by atoms with E-state index in [1.54, 1.807) is 27.8 Å². The third kappa shape index (κ3) is 1.53. The molecule has 0 spiro atoms. The standard InChI is InChI=1S/C16H16N6O/c17-10-15-3-4-16(8-15,9-15)22-14(23)21-12(1-2-13(21)20-22)11-7-18-5-6-19-11/h5-7,12H,1-4,8-9H2. The number of aryl methyl sites for hydroxylation is 1. The van der Waals surface area contributed by atoms with Crippen LogP contribution in [0.25, 0.3) is 0 Å². The van der Waals surface area contributed by atoms with Crippen LogP contribution in [-0.4, -0.2) is 24.3 Å². The van der Waals surface area contributed by atoms with Crippen LogP contribution < -0.4 is 5.69 Å². The normalized spacial score (nSPS) is 34.0. The van der Waals surface area contributed by atoms with Crippen molar-refractivity contribution in [2.24, 2.45) is 5.41 Å². The molecule has 0 aromatic carbocycles. The number of aromatic nitrogens is 5. The van der Waals surface area contributed by atoms with Gasteiger partial charge in [0.25, 0.3) is 0 Å². The fourth-order valence-corrected chi connectivity index (χ4v) is 4.79. The highest BCUT2D eigenvalue weighted by atomic mass is 16.2. The molecular formula is C16H16N6O. The van der Waals surface area contributed by atoms with Gasteiger partial charge in [0, 0.05) is 18.8 Å². The lowest BCUT2D eigenvalue weighted by atomic mass is 9.66. The smallest absolute Gasteiger partial charge is 0.270 e. The van der Waals surface area contributed by atoms with E-state index in [9.17, 15) is 10.1 Å². The minimum absolute atomic E-state index is 0.0541. The molecule has 1 atom stereocenters. The number of fused-ring (bicyclic) bond motifs is 2. The summed E-state index contributed by atoms with van der Waals surface area (Å²) < 4.78 is 3.46. The Bertz CT molecular complexity index is 884. The second kappa shape index (κ2) is 4.07. The maximum Gasteiger partial charge on any atom is 0.347 e. The van der Waals surface area contributed by atoms with Gasteiger partial charge in [-0.05, 0) is 32.1 Å². The predicted molar refractivity (Wildman–Crippen MR) is 79.5 cm³/mol. The van der Waals surface area contributed by atoms with Crippen LogP contribution in [0.3, 0.4) is 0 Å². The Hall–Kier alpha value is -2.49. The second-order valence-corrected chi connectivity index (χ2v) is 7.14. The molecule has 2 aromatic rings. The molecule has 1 aliphatic heterocycles. The van der Waals surface area contributed by atoms with Crippen LogP contribution in [-0.2, 0) is 12.0 Å². The van der Waals surface area contributed by atoms with Gasteiger partial charge in [-0.2, -0.15) is 10.4 Å². The van der Waals surface area contributed by atoms with Gasteiger partial charge in [-0.1, -0.05) is 0 Å². The van der Waals surface area contributed by atoms with Crippen LogP contribution in [0.5, 0.6) is 0 Å². The van der Waals surface area contributed by atoms with E-state index in [0.29, 0.717) is 0 Å². The molecule has 3 saturated carbocycles. The number of nitriles is 1. The van der Waals surface area contributed by atoms with Crippen LogP contribution >= 0.6 is 0 Å². The lowest BCUT2D eigenvalue weighted by Gasteiger charge is -2.42. The van der Waals surface area contributed by atoms with Gasteiger partial charge >= 0.3 is 5.69 Å². The molecule has 0 radical (unpaired) electrons. The van der Waals surface area contributed by atoms with Crippen molar-refractivity contribution in [3.05, 3.63) is 40.6 Å². The summed E-state index contributed by atoms with van der Waals surface area (Å²) in [7, 11) is 0. The quantitative estimate of drug-likeness (QED) is 0.830. The molecule has 6 rings (SSSR count). The third-order valence-electron chi connectivity index (χ3n) is 5.85. The molecule has 2 bridgehead atoms. The van der Waals surface area contributed by atoms with Gasteiger partial charge in [-0.25, -0.2) is 9.48 Å². The summed E-state index contributed by atoms with van der Waals surface area (Å²) in [6.45, 7) is 0. The van der Waals surface area contributed by atoms with Crippen molar-refractivity contribution in [1.82, 2.24) is 24.3 Å². The van der Waals surface area contributed by atoms with E-state index in [-0.39, 0.29) is 22.7 Å². The molecule has 0 amide bonds. The van der Waals surface area contributed by atoms with Gasteiger partial charge in [0.05, 0.1) is 35.0 Å². The van der Waals surface area contributed by atoms with Crippen molar-refractivity contribution >= 4 is 0 Å². The summed E-state index contributed by atoms with van der Waals surface area (Å²) in [5, 5.41) is 14.0. The Kier molecular flexibility index (Phi) is 2.30. The van der Waals surface area contributed by atoms with Crippen LogP contribution in [0.15, 0.2) is 23.4 Å². The zero-order chi connectivity index (χ0) is 15.7. The summed E-state index contributed by atoms with van der Waals surface area (Å²) in [6.07, 6.45) is 9.94. The van der Waals surface area contributed by atoms with Gasteiger partial charge in [-0.3, -0.25) is 14.5 Å². The molecule has 3 fully saturated rings. The Balaban J connectivity index is 1.57. The summed E-state index contributed by atoms with van der Waals surface area (Å²) in [4.78, 5) is 21.5. The fourth-order valence-electron chi connectivity index (χ4n) is 4.79. The fraction of sp³-hybridized carbons (Fsp3) is 0.562. The van der Waals surface area contributed by atoms with E-state index >= 15 is 0 Å². The molecule has 4 aliphatic rings. The highest BCUT2D eigenvalue weighted by Crippen LogP contribution is 2.64. The van der Waals surface area contributed by atoms with Crippen molar-refractivity contribution in [2.45, 2.75) is 50.1 Å². The average molecular weight is 308 g/mol. The first-order valence-corrected chi connectivity index (χ1v) is 8.05. The number of hydrogen-bond donors (Lipinski definition) is 0. The minimum Gasteiger partial charge on any atom is -0.270 e. The van der Waals surface area contributed by atoms with Gasteiger partial charge in [0.2, 0.25) is 0 Å². The Morgan fingerprint density at radius 1 is 1.30 bits per heavy atom. The van der Waals surface area contributed by atoms with Crippen LogP contribution in [0.2, 0.25) is 0 Å². The van der Waals surface area contributed by atoms with E-state index in [4.69, 9.17) is 0 Å². The summed E-state index contributed by atoms with van der Waals surface area (Å²) in [5.74, 6) is 0.835. The molecule has 0 N–H and O–H groups in total. The van der Waals surface area contributed by atoms with Gasteiger partial charge in [0.1, 0.15) is 5.82 Å². The van der Waals surface area contributed by atoms with E-state index < -0.39 is 0 Å². The van der Waals surface area contributed by atoms with Gasteiger partial charge in [-0.15, -0.1) is 0 Å². The summed E-state index contributed by atoms with van der Waals surface area (Å²) in [6, 6.07) is 2.37. The molecule has 116 valence electrons. The molecule has 1 unspecified atom stereocenters. The van der Waals surface area contributed by atoms with Crippen molar-refractivity contribution in [1.29, 1.82) is 5.26 Å². The summed E-state index contributed by atoms with van der Waals surface area (Å²) >= 11 is 0. The lowest BCUT2D eigenvalue weighted by Crippen LogP contribution is -2.50. The van der Waals surface area contributed by atoms with Crippen LogP contribution in [0.1, 0.15) is 49.7 Å². The summed E-state index contributed by atoms with van der Waals surface area (Å²) in [5.41, 5.74) is 0.327. The molecule has 23 heavy (non-hydrogen) atoms. The monoisotopic (exact) mass is 308 g/mol. The topological polar surface area (TPSA) is 89.4 Å². The molecule has 7 nitrogen and oxygen atoms in total. The van der Waals surface area contributed by atoms with E-state index in [1.165, 1.54) is 0 Å².